The van der Waals surface area contributed by atoms with E-state index in [9.17, 15) is 4.79 Å². The van der Waals surface area contributed by atoms with Crippen molar-refractivity contribution in [1.82, 2.24) is 0 Å². The number of aldehydes is 1. The number of ether oxygens (including phenoxy) is 1. The summed E-state index contributed by atoms with van der Waals surface area (Å²) in [7, 11) is 0. The van der Waals surface area contributed by atoms with Crippen molar-refractivity contribution in [3.8, 4) is 5.75 Å². The van der Waals surface area contributed by atoms with E-state index >= 15 is 0 Å². The first-order chi connectivity index (χ1) is 7.26. The zero-order chi connectivity index (χ0) is 11.1. The van der Waals surface area contributed by atoms with Crippen LogP contribution in [-0.2, 0) is 0 Å². The first-order valence-corrected chi connectivity index (χ1v) is 5.07. The molecule has 15 heavy (non-hydrogen) atoms. The van der Waals surface area contributed by atoms with Gasteiger partial charge < -0.3 is 4.74 Å². The molecule has 0 fully saturated rings. The number of allylic oxidation sites excluding steroid dienone is 1. The molecule has 1 atom stereocenters. The molecule has 0 aliphatic heterocycles. The highest BCUT2D eigenvalue weighted by atomic mass is 16.5. The highest BCUT2D eigenvalue weighted by Crippen LogP contribution is 2.12. The number of rotatable bonds is 6. The molecule has 1 rings (SSSR count). The Morgan fingerprint density at radius 3 is 2.60 bits per heavy atom. The zero-order valence-electron chi connectivity index (χ0n) is 8.98. The molecule has 1 aromatic carbocycles. The fourth-order valence-corrected chi connectivity index (χ4v) is 1.12. The predicted octanol–water partition coefficient (Wildman–Crippen LogP) is 3.09. The Hall–Kier alpha value is -1.57. The van der Waals surface area contributed by atoms with Gasteiger partial charge in [0.15, 0.2) is 0 Å². The summed E-state index contributed by atoms with van der Waals surface area (Å²) in [5.74, 6) is 1.27. The summed E-state index contributed by atoms with van der Waals surface area (Å²) in [5, 5.41) is 0. The second kappa shape index (κ2) is 6.02. The maximum Gasteiger partial charge on any atom is 0.150 e. The highest BCUT2D eigenvalue weighted by Gasteiger charge is 1.98. The lowest BCUT2D eigenvalue weighted by atomic mass is 10.1. The fourth-order valence-electron chi connectivity index (χ4n) is 1.12. The van der Waals surface area contributed by atoms with E-state index in [-0.39, 0.29) is 0 Å². The topological polar surface area (TPSA) is 26.3 Å². The number of hydrogen-bond donors (Lipinski definition) is 0. The first kappa shape index (κ1) is 11.5. The average Bonchev–Trinajstić information content (AvgIpc) is 2.29. The minimum Gasteiger partial charge on any atom is -0.494 e. The Balaban J connectivity index is 2.37. The third-order valence-corrected chi connectivity index (χ3v) is 2.26. The highest BCUT2D eigenvalue weighted by molar-refractivity contribution is 5.74. The summed E-state index contributed by atoms with van der Waals surface area (Å²) in [4.78, 5) is 10.4. The van der Waals surface area contributed by atoms with Gasteiger partial charge in [0.2, 0.25) is 0 Å². The zero-order valence-corrected chi connectivity index (χ0v) is 8.98. The fraction of sp³-hybridized carbons (Fsp3) is 0.308. The van der Waals surface area contributed by atoms with Crippen LogP contribution >= 0.6 is 0 Å². The van der Waals surface area contributed by atoms with Gasteiger partial charge in [0.25, 0.3) is 0 Å². The van der Waals surface area contributed by atoms with Crippen LogP contribution in [0.1, 0.15) is 23.7 Å². The molecule has 0 bridgehead atoms. The molecule has 0 aliphatic carbocycles. The SMILES string of the molecule is C=CC(C)CCOc1ccc(C=O)cc1. The maximum absolute atomic E-state index is 10.4. The van der Waals surface area contributed by atoms with E-state index in [1.165, 1.54) is 0 Å². The molecule has 1 aromatic rings. The van der Waals surface area contributed by atoms with E-state index in [4.69, 9.17) is 4.74 Å². The quantitative estimate of drug-likeness (QED) is 0.525. The second-order valence-corrected chi connectivity index (χ2v) is 3.54. The molecule has 2 heteroatoms. The molecule has 2 nitrogen and oxygen atoms in total. The number of hydrogen-bond acceptors (Lipinski definition) is 2. The number of carbonyl (C=O) groups is 1. The van der Waals surface area contributed by atoms with Crippen LogP contribution in [0.5, 0.6) is 5.75 Å². The normalized spacial score (nSPS) is 11.8. The lowest BCUT2D eigenvalue weighted by molar-refractivity contribution is 0.112. The maximum atomic E-state index is 10.4. The van der Waals surface area contributed by atoms with Gasteiger partial charge in [-0.15, -0.1) is 6.58 Å². The molecule has 0 N–H and O–H groups in total. The largest absolute Gasteiger partial charge is 0.494 e. The van der Waals surface area contributed by atoms with E-state index in [1.807, 2.05) is 18.2 Å². The molecule has 0 saturated heterocycles. The standard InChI is InChI=1S/C13H16O2/c1-3-11(2)8-9-15-13-6-4-12(10-14)5-7-13/h3-7,10-11H,1,8-9H2,2H3. The van der Waals surface area contributed by atoms with E-state index in [2.05, 4.69) is 13.5 Å². The van der Waals surface area contributed by atoms with Gasteiger partial charge >= 0.3 is 0 Å². The van der Waals surface area contributed by atoms with Crippen molar-refractivity contribution in [3.63, 3.8) is 0 Å². The molecule has 0 amide bonds. The predicted molar refractivity (Wildman–Crippen MR) is 61.3 cm³/mol. The second-order valence-electron chi connectivity index (χ2n) is 3.54. The van der Waals surface area contributed by atoms with Crippen molar-refractivity contribution < 1.29 is 9.53 Å². The molecule has 1 unspecified atom stereocenters. The molecule has 80 valence electrons. The summed E-state index contributed by atoms with van der Waals surface area (Å²) in [6, 6.07) is 7.11. The minimum absolute atomic E-state index is 0.472. The van der Waals surface area contributed by atoms with Gasteiger partial charge in [0.1, 0.15) is 12.0 Å². The van der Waals surface area contributed by atoms with Crippen LogP contribution in [0.4, 0.5) is 0 Å². The van der Waals surface area contributed by atoms with Crippen molar-refractivity contribution in [2.45, 2.75) is 13.3 Å². The Labute approximate surface area is 90.6 Å². The van der Waals surface area contributed by atoms with Crippen molar-refractivity contribution in [1.29, 1.82) is 0 Å². The Morgan fingerprint density at radius 1 is 1.40 bits per heavy atom. The van der Waals surface area contributed by atoms with Crippen LogP contribution in [0.3, 0.4) is 0 Å². The molecule has 0 aromatic heterocycles. The van der Waals surface area contributed by atoms with E-state index in [0.717, 1.165) is 18.5 Å². The van der Waals surface area contributed by atoms with Gasteiger partial charge in [-0.05, 0) is 36.6 Å². The molecule has 0 saturated carbocycles. The van der Waals surface area contributed by atoms with Crippen molar-refractivity contribution in [3.05, 3.63) is 42.5 Å². The van der Waals surface area contributed by atoms with Crippen LogP contribution in [0.25, 0.3) is 0 Å². The van der Waals surface area contributed by atoms with E-state index < -0.39 is 0 Å². The van der Waals surface area contributed by atoms with Gasteiger partial charge in [-0.25, -0.2) is 0 Å². The summed E-state index contributed by atoms with van der Waals surface area (Å²) in [5.41, 5.74) is 0.668. The number of benzene rings is 1. The molecule has 0 spiro atoms. The van der Waals surface area contributed by atoms with Gasteiger partial charge in [-0.2, -0.15) is 0 Å². The number of carbonyl (C=O) groups excluding carboxylic acids is 1. The third kappa shape index (κ3) is 3.98. The molecule has 0 aliphatic rings. The van der Waals surface area contributed by atoms with Crippen LogP contribution in [-0.4, -0.2) is 12.9 Å². The third-order valence-electron chi connectivity index (χ3n) is 2.26. The van der Waals surface area contributed by atoms with Crippen molar-refractivity contribution in [2.24, 2.45) is 5.92 Å². The van der Waals surface area contributed by atoms with Gasteiger partial charge in [-0.1, -0.05) is 13.0 Å². The molecular formula is C13H16O2. The minimum atomic E-state index is 0.472. The van der Waals surface area contributed by atoms with Gasteiger partial charge in [0, 0.05) is 5.56 Å². The van der Waals surface area contributed by atoms with Crippen LogP contribution < -0.4 is 4.74 Å². The average molecular weight is 204 g/mol. The van der Waals surface area contributed by atoms with E-state index in [0.29, 0.717) is 18.1 Å². The van der Waals surface area contributed by atoms with Gasteiger partial charge in [0.05, 0.1) is 6.61 Å². The Bertz CT molecular complexity index is 314. The van der Waals surface area contributed by atoms with Gasteiger partial charge in [-0.3, -0.25) is 4.79 Å². The monoisotopic (exact) mass is 204 g/mol. The summed E-state index contributed by atoms with van der Waals surface area (Å²) in [6.45, 7) is 6.49. The van der Waals surface area contributed by atoms with Crippen molar-refractivity contribution >= 4 is 6.29 Å². The Morgan fingerprint density at radius 2 is 2.07 bits per heavy atom. The summed E-state index contributed by atoms with van der Waals surface area (Å²) < 4.78 is 5.51. The smallest absolute Gasteiger partial charge is 0.150 e. The van der Waals surface area contributed by atoms with E-state index in [1.54, 1.807) is 12.1 Å². The van der Waals surface area contributed by atoms with Crippen LogP contribution in [0.2, 0.25) is 0 Å². The molecular weight excluding hydrogens is 188 g/mol. The van der Waals surface area contributed by atoms with Crippen molar-refractivity contribution in [2.75, 3.05) is 6.61 Å². The lowest BCUT2D eigenvalue weighted by Crippen LogP contribution is -2.01. The first-order valence-electron chi connectivity index (χ1n) is 5.07. The van der Waals surface area contributed by atoms with Crippen LogP contribution in [0.15, 0.2) is 36.9 Å². The molecule has 0 heterocycles. The summed E-state index contributed by atoms with van der Waals surface area (Å²) >= 11 is 0. The molecule has 0 radical (unpaired) electrons. The Kier molecular flexibility index (Phi) is 4.61. The van der Waals surface area contributed by atoms with Crippen LogP contribution in [0, 0.1) is 5.92 Å². The lowest BCUT2D eigenvalue weighted by Gasteiger charge is -2.08. The summed E-state index contributed by atoms with van der Waals surface area (Å²) in [6.07, 6.45) is 3.70.